The highest BCUT2D eigenvalue weighted by Crippen LogP contribution is 2.15. The Kier molecular flexibility index (Phi) is 5.04. The number of ether oxygens (including phenoxy) is 1. The maximum Gasteiger partial charge on any atom is 0.309 e. The Morgan fingerprint density at radius 3 is 2.00 bits per heavy atom. The highest BCUT2D eigenvalue weighted by molar-refractivity contribution is 14.1. The van der Waals surface area contributed by atoms with E-state index in [1.165, 1.54) is 0 Å². The normalized spacial score (nSPS) is 13.7. The lowest BCUT2D eigenvalue weighted by molar-refractivity contribution is -0.149. The van der Waals surface area contributed by atoms with Crippen LogP contribution in [0.25, 0.3) is 0 Å². The summed E-state index contributed by atoms with van der Waals surface area (Å²) in [5.74, 6) is 0.252. The molecule has 0 aliphatic heterocycles. The maximum atomic E-state index is 11.0. The second-order valence-corrected chi connectivity index (χ2v) is 4.41. The number of carbonyl (C=O) groups is 1. The van der Waals surface area contributed by atoms with Crippen LogP contribution in [-0.4, -0.2) is 10.1 Å². The zero-order valence-corrected chi connectivity index (χ0v) is 9.58. The summed E-state index contributed by atoms with van der Waals surface area (Å²) < 4.78 is 5.12. The van der Waals surface area contributed by atoms with Crippen molar-refractivity contribution in [3.05, 3.63) is 0 Å². The SMILES string of the molecule is CC(C)C(=O)OC(I)C(C)C. The molecule has 0 aliphatic carbocycles. The van der Waals surface area contributed by atoms with Crippen LogP contribution in [0.4, 0.5) is 0 Å². The highest BCUT2D eigenvalue weighted by Gasteiger charge is 2.16. The van der Waals surface area contributed by atoms with Crippen LogP contribution in [0.3, 0.4) is 0 Å². The summed E-state index contributed by atoms with van der Waals surface area (Å²) in [6, 6.07) is 0. The van der Waals surface area contributed by atoms with Crippen LogP contribution in [0.5, 0.6) is 0 Å². The lowest BCUT2D eigenvalue weighted by Crippen LogP contribution is -2.20. The summed E-state index contributed by atoms with van der Waals surface area (Å²) in [6.07, 6.45) is 0. The van der Waals surface area contributed by atoms with E-state index in [2.05, 4.69) is 22.6 Å². The van der Waals surface area contributed by atoms with Gasteiger partial charge in [-0.05, 0) is 28.5 Å². The lowest BCUT2D eigenvalue weighted by atomic mass is 10.2. The smallest absolute Gasteiger partial charge is 0.309 e. The Labute approximate surface area is 81.8 Å². The second kappa shape index (κ2) is 4.95. The summed E-state index contributed by atoms with van der Waals surface area (Å²) in [5, 5.41) is 0. The van der Waals surface area contributed by atoms with Crippen molar-refractivity contribution in [2.24, 2.45) is 11.8 Å². The van der Waals surface area contributed by atoms with Gasteiger partial charge in [0.25, 0.3) is 0 Å². The summed E-state index contributed by atoms with van der Waals surface area (Å²) in [6.45, 7) is 7.74. The van der Waals surface area contributed by atoms with Crippen LogP contribution in [0, 0.1) is 11.8 Å². The minimum atomic E-state index is -0.113. The highest BCUT2D eigenvalue weighted by atomic mass is 127. The third-order valence-electron chi connectivity index (χ3n) is 1.22. The summed E-state index contributed by atoms with van der Waals surface area (Å²) in [4.78, 5) is 11.0. The van der Waals surface area contributed by atoms with Crippen molar-refractivity contribution in [1.82, 2.24) is 0 Å². The zero-order chi connectivity index (χ0) is 9.02. The van der Waals surface area contributed by atoms with E-state index in [9.17, 15) is 4.79 Å². The van der Waals surface area contributed by atoms with Gasteiger partial charge in [0.15, 0.2) is 4.11 Å². The molecule has 0 amide bonds. The molecule has 0 saturated heterocycles. The lowest BCUT2D eigenvalue weighted by Gasteiger charge is -2.15. The minimum Gasteiger partial charge on any atom is -0.451 e. The van der Waals surface area contributed by atoms with E-state index in [4.69, 9.17) is 4.74 Å². The molecule has 0 bridgehead atoms. The van der Waals surface area contributed by atoms with Gasteiger partial charge in [-0.3, -0.25) is 4.79 Å². The van der Waals surface area contributed by atoms with Crippen LogP contribution in [-0.2, 0) is 9.53 Å². The molecule has 1 unspecified atom stereocenters. The Bertz CT molecular complexity index is 132. The van der Waals surface area contributed by atoms with Gasteiger partial charge in [-0.25, -0.2) is 0 Å². The quantitative estimate of drug-likeness (QED) is 0.447. The van der Waals surface area contributed by atoms with Crippen LogP contribution in [0.15, 0.2) is 0 Å². The van der Waals surface area contributed by atoms with Crippen LogP contribution in [0.2, 0.25) is 0 Å². The van der Waals surface area contributed by atoms with Crippen LogP contribution >= 0.6 is 22.6 Å². The zero-order valence-electron chi connectivity index (χ0n) is 7.43. The minimum absolute atomic E-state index is 0.00231. The fourth-order valence-electron chi connectivity index (χ4n) is 0.383. The molecule has 0 aromatic carbocycles. The van der Waals surface area contributed by atoms with Gasteiger partial charge < -0.3 is 4.74 Å². The van der Waals surface area contributed by atoms with Crippen molar-refractivity contribution in [3.63, 3.8) is 0 Å². The molecule has 0 N–H and O–H groups in total. The molecule has 11 heavy (non-hydrogen) atoms. The Hall–Kier alpha value is 0.200. The van der Waals surface area contributed by atoms with Crippen molar-refractivity contribution in [2.45, 2.75) is 31.8 Å². The standard InChI is InChI=1S/C8H15IO2/c1-5(2)7(9)11-8(10)6(3)4/h5-7H,1-4H3. The van der Waals surface area contributed by atoms with Gasteiger partial charge in [0, 0.05) is 0 Å². The predicted octanol–water partition coefficient (Wildman–Crippen LogP) is 2.60. The second-order valence-electron chi connectivity index (χ2n) is 3.19. The summed E-state index contributed by atoms with van der Waals surface area (Å²) >= 11 is 2.14. The molecule has 0 aromatic heterocycles. The van der Waals surface area contributed by atoms with Gasteiger partial charge in [-0.1, -0.05) is 27.7 Å². The Morgan fingerprint density at radius 2 is 1.73 bits per heavy atom. The number of hydrogen-bond donors (Lipinski definition) is 0. The average Bonchev–Trinajstić information content (AvgIpc) is 1.87. The van der Waals surface area contributed by atoms with E-state index in [-0.39, 0.29) is 16.0 Å². The molecule has 0 aliphatic rings. The van der Waals surface area contributed by atoms with E-state index >= 15 is 0 Å². The summed E-state index contributed by atoms with van der Waals surface area (Å²) in [5.41, 5.74) is 0. The number of alkyl halides is 1. The summed E-state index contributed by atoms with van der Waals surface area (Å²) in [7, 11) is 0. The fraction of sp³-hybridized carbons (Fsp3) is 0.875. The predicted molar refractivity (Wildman–Crippen MR) is 53.6 cm³/mol. The molecule has 1 atom stereocenters. The molecule has 0 aromatic rings. The van der Waals surface area contributed by atoms with E-state index < -0.39 is 0 Å². The first-order chi connectivity index (χ1) is 4.95. The Morgan fingerprint density at radius 1 is 1.27 bits per heavy atom. The third-order valence-corrected chi connectivity index (χ3v) is 2.92. The number of halogens is 1. The molecule has 0 heterocycles. The van der Waals surface area contributed by atoms with E-state index in [0.717, 1.165) is 0 Å². The molecule has 0 saturated carbocycles. The molecule has 0 fully saturated rings. The van der Waals surface area contributed by atoms with Gasteiger partial charge in [0.1, 0.15) is 0 Å². The van der Waals surface area contributed by atoms with Crippen molar-refractivity contribution < 1.29 is 9.53 Å². The monoisotopic (exact) mass is 270 g/mol. The van der Waals surface area contributed by atoms with Gasteiger partial charge in [-0.2, -0.15) is 0 Å². The van der Waals surface area contributed by atoms with Gasteiger partial charge >= 0.3 is 5.97 Å². The van der Waals surface area contributed by atoms with Gasteiger partial charge in [0.05, 0.1) is 5.92 Å². The van der Waals surface area contributed by atoms with Crippen molar-refractivity contribution in [1.29, 1.82) is 0 Å². The first-order valence-corrected chi connectivity index (χ1v) is 5.04. The first kappa shape index (κ1) is 11.2. The molecular weight excluding hydrogens is 255 g/mol. The van der Waals surface area contributed by atoms with Crippen molar-refractivity contribution in [3.8, 4) is 0 Å². The van der Waals surface area contributed by atoms with E-state index in [0.29, 0.717) is 5.92 Å². The van der Waals surface area contributed by atoms with Crippen molar-refractivity contribution >= 4 is 28.6 Å². The van der Waals surface area contributed by atoms with Gasteiger partial charge in [-0.15, -0.1) is 0 Å². The number of hydrogen-bond acceptors (Lipinski definition) is 2. The Balaban J connectivity index is 3.76. The van der Waals surface area contributed by atoms with Crippen LogP contribution in [0.1, 0.15) is 27.7 Å². The molecular formula is C8H15IO2. The molecule has 0 rings (SSSR count). The molecule has 66 valence electrons. The average molecular weight is 270 g/mol. The molecule has 0 radical (unpaired) electrons. The topological polar surface area (TPSA) is 26.3 Å². The van der Waals surface area contributed by atoms with E-state index in [1.807, 2.05) is 27.7 Å². The largest absolute Gasteiger partial charge is 0.451 e. The number of esters is 1. The first-order valence-electron chi connectivity index (χ1n) is 3.79. The molecule has 3 heteroatoms. The number of rotatable bonds is 3. The fourth-order valence-corrected chi connectivity index (χ4v) is 0.634. The third kappa shape index (κ3) is 4.61. The van der Waals surface area contributed by atoms with E-state index in [1.54, 1.807) is 0 Å². The maximum absolute atomic E-state index is 11.0. The van der Waals surface area contributed by atoms with Crippen LogP contribution < -0.4 is 0 Å². The van der Waals surface area contributed by atoms with Crippen molar-refractivity contribution in [2.75, 3.05) is 0 Å². The number of carbonyl (C=O) groups excluding carboxylic acids is 1. The van der Waals surface area contributed by atoms with Gasteiger partial charge in [0.2, 0.25) is 0 Å². The molecule has 2 nitrogen and oxygen atoms in total. The molecule has 0 spiro atoms.